The molecule has 1 rings (SSSR count). The van der Waals surface area contributed by atoms with E-state index in [2.05, 4.69) is 10.3 Å². The molecular formula is C16H31N5O3. The smallest absolute Gasteiger partial charge is 0.410 e. The highest BCUT2D eigenvalue weighted by Gasteiger charge is 2.26. The predicted octanol–water partition coefficient (Wildman–Crippen LogP) is 0.626. The summed E-state index contributed by atoms with van der Waals surface area (Å²) in [5, 5.41) is 2.79. The van der Waals surface area contributed by atoms with Crippen molar-refractivity contribution in [2.45, 2.75) is 40.2 Å². The zero-order valence-electron chi connectivity index (χ0n) is 15.5. The van der Waals surface area contributed by atoms with Crippen LogP contribution in [0.5, 0.6) is 0 Å². The Hall–Kier alpha value is -1.99. The lowest BCUT2D eigenvalue weighted by Gasteiger charge is -2.36. The summed E-state index contributed by atoms with van der Waals surface area (Å²) < 4.78 is 5.36. The Labute approximate surface area is 144 Å². The van der Waals surface area contributed by atoms with Gasteiger partial charge in [-0.2, -0.15) is 0 Å². The topological polar surface area (TPSA) is 100 Å². The number of rotatable bonds is 4. The summed E-state index contributed by atoms with van der Waals surface area (Å²) in [6.07, 6.45) is -0.297. The highest BCUT2D eigenvalue weighted by molar-refractivity contribution is 5.79. The molecule has 1 heterocycles. The third-order valence-electron chi connectivity index (χ3n) is 3.46. The van der Waals surface area contributed by atoms with Crippen LogP contribution in [0.2, 0.25) is 0 Å². The van der Waals surface area contributed by atoms with Crippen LogP contribution in [0.15, 0.2) is 4.99 Å². The first-order chi connectivity index (χ1) is 11.1. The quantitative estimate of drug-likeness (QED) is 0.444. The van der Waals surface area contributed by atoms with Crippen molar-refractivity contribution in [2.24, 2.45) is 16.6 Å². The Morgan fingerprint density at radius 3 is 2.21 bits per heavy atom. The van der Waals surface area contributed by atoms with Crippen LogP contribution in [-0.2, 0) is 9.53 Å². The SMILES string of the molecule is CC(C)C(=O)NCCN=C(N)N1CCN(C(=O)OC(C)(C)C)CC1. The zero-order valence-corrected chi connectivity index (χ0v) is 15.5. The van der Waals surface area contributed by atoms with Crippen LogP contribution < -0.4 is 11.1 Å². The fraction of sp³-hybridized carbons (Fsp3) is 0.812. The summed E-state index contributed by atoms with van der Waals surface area (Å²) in [6.45, 7) is 12.5. The molecule has 0 spiro atoms. The van der Waals surface area contributed by atoms with Crippen molar-refractivity contribution >= 4 is 18.0 Å². The molecule has 0 saturated carbocycles. The molecule has 0 unspecified atom stereocenters. The van der Waals surface area contributed by atoms with Gasteiger partial charge in [0.05, 0.1) is 6.54 Å². The van der Waals surface area contributed by atoms with Crippen LogP contribution in [0.25, 0.3) is 0 Å². The fourth-order valence-electron chi connectivity index (χ4n) is 2.10. The number of hydrogen-bond acceptors (Lipinski definition) is 4. The minimum atomic E-state index is -0.491. The van der Waals surface area contributed by atoms with E-state index in [1.807, 2.05) is 39.5 Å². The summed E-state index contributed by atoms with van der Waals surface area (Å²) in [6, 6.07) is 0. The first-order valence-corrected chi connectivity index (χ1v) is 8.40. The Balaban J connectivity index is 2.34. The maximum absolute atomic E-state index is 12.0. The second-order valence-electron chi connectivity index (χ2n) is 7.14. The van der Waals surface area contributed by atoms with Crippen molar-refractivity contribution < 1.29 is 14.3 Å². The van der Waals surface area contributed by atoms with Gasteiger partial charge in [-0.25, -0.2) is 4.79 Å². The van der Waals surface area contributed by atoms with Crippen molar-refractivity contribution in [2.75, 3.05) is 39.3 Å². The summed E-state index contributed by atoms with van der Waals surface area (Å²) >= 11 is 0. The van der Waals surface area contributed by atoms with Crippen molar-refractivity contribution in [1.29, 1.82) is 0 Å². The molecule has 0 aromatic heterocycles. The number of nitrogens with zero attached hydrogens (tertiary/aromatic N) is 3. The Morgan fingerprint density at radius 2 is 1.71 bits per heavy atom. The van der Waals surface area contributed by atoms with E-state index >= 15 is 0 Å². The maximum Gasteiger partial charge on any atom is 0.410 e. The monoisotopic (exact) mass is 341 g/mol. The number of piperazine rings is 1. The van der Waals surface area contributed by atoms with Gasteiger partial charge in [0.1, 0.15) is 5.60 Å². The molecule has 24 heavy (non-hydrogen) atoms. The van der Waals surface area contributed by atoms with Gasteiger partial charge in [0.25, 0.3) is 0 Å². The van der Waals surface area contributed by atoms with Crippen LogP contribution in [-0.4, -0.2) is 72.6 Å². The summed E-state index contributed by atoms with van der Waals surface area (Å²) in [5.41, 5.74) is 5.49. The van der Waals surface area contributed by atoms with Gasteiger partial charge in [-0.05, 0) is 20.8 Å². The van der Waals surface area contributed by atoms with Gasteiger partial charge >= 0.3 is 6.09 Å². The number of aliphatic imine (C=N–C) groups is 1. The molecule has 0 bridgehead atoms. The lowest BCUT2D eigenvalue weighted by molar-refractivity contribution is -0.123. The van der Waals surface area contributed by atoms with E-state index in [-0.39, 0.29) is 17.9 Å². The van der Waals surface area contributed by atoms with Crippen molar-refractivity contribution in [3.8, 4) is 0 Å². The number of guanidine groups is 1. The molecule has 3 N–H and O–H groups in total. The van der Waals surface area contributed by atoms with Crippen molar-refractivity contribution in [3.05, 3.63) is 0 Å². The van der Waals surface area contributed by atoms with Gasteiger partial charge in [0, 0.05) is 38.6 Å². The molecule has 138 valence electrons. The number of hydrogen-bond donors (Lipinski definition) is 2. The number of carbonyl (C=O) groups is 2. The van der Waals surface area contributed by atoms with Crippen LogP contribution in [0, 0.1) is 5.92 Å². The van der Waals surface area contributed by atoms with Gasteiger partial charge in [-0.15, -0.1) is 0 Å². The van der Waals surface area contributed by atoms with Crippen molar-refractivity contribution in [3.63, 3.8) is 0 Å². The standard InChI is InChI=1S/C16H31N5O3/c1-12(2)13(22)18-6-7-19-14(17)20-8-10-21(11-9-20)15(23)24-16(3,4)5/h12H,6-11H2,1-5H3,(H2,17,19)(H,18,22). The fourth-order valence-corrected chi connectivity index (χ4v) is 2.10. The number of carbonyl (C=O) groups excluding carboxylic acids is 2. The maximum atomic E-state index is 12.0. The van der Waals surface area contributed by atoms with Gasteiger partial charge in [-0.1, -0.05) is 13.8 Å². The van der Waals surface area contributed by atoms with Crippen molar-refractivity contribution in [1.82, 2.24) is 15.1 Å². The minimum Gasteiger partial charge on any atom is -0.444 e. The van der Waals surface area contributed by atoms with E-state index in [9.17, 15) is 9.59 Å². The molecule has 0 atom stereocenters. The van der Waals surface area contributed by atoms with Crippen LogP contribution in [0.3, 0.4) is 0 Å². The molecule has 1 aliphatic rings. The molecule has 0 radical (unpaired) electrons. The Morgan fingerprint density at radius 1 is 1.17 bits per heavy atom. The van der Waals surface area contributed by atoms with E-state index in [0.29, 0.717) is 45.2 Å². The zero-order chi connectivity index (χ0) is 18.3. The normalized spacial score (nSPS) is 16.3. The first-order valence-electron chi connectivity index (χ1n) is 8.40. The lowest BCUT2D eigenvalue weighted by Crippen LogP contribution is -2.53. The average Bonchev–Trinajstić information content (AvgIpc) is 2.49. The van der Waals surface area contributed by atoms with Crippen LogP contribution in [0.4, 0.5) is 4.79 Å². The van der Waals surface area contributed by atoms with E-state index < -0.39 is 5.60 Å². The average molecular weight is 341 g/mol. The van der Waals surface area contributed by atoms with Crippen LogP contribution >= 0.6 is 0 Å². The largest absolute Gasteiger partial charge is 0.444 e. The van der Waals surface area contributed by atoms with E-state index in [0.717, 1.165) is 0 Å². The molecule has 0 aromatic carbocycles. The Bertz CT molecular complexity index is 463. The molecule has 8 nitrogen and oxygen atoms in total. The molecule has 0 aromatic rings. The predicted molar refractivity (Wildman–Crippen MR) is 93.7 cm³/mol. The molecule has 0 aliphatic carbocycles. The highest BCUT2D eigenvalue weighted by atomic mass is 16.6. The third kappa shape index (κ3) is 7.06. The van der Waals surface area contributed by atoms with Gasteiger partial charge < -0.3 is 25.6 Å². The van der Waals surface area contributed by atoms with E-state index in [1.165, 1.54) is 0 Å². The minimum absolute atomic E-state index is 0.00902. The van der Waals surface area contributed by atoms with Gasteiger partial charge in [-0.3, -0.25) is 9.79 Å². The highest BCUT2D eigenvalue weighted by Crippen LogP contribution is 2.11. The van der Waals surface area contributed by atoms with Crippen LogP contribution in [0.1, 0.15) is 34.6 Å². The molecule has 1 aliphatic heterocycles. The summed E-state index contributed by atoms with van der Waals surface area (Å²) in [7, 11) is 0. The van der Waals surface area contributed by atoms with E-state index in [1.54, 1.807) is 4.90 Å². The van der Waals surface area contributed by atoms with Gasteiger partial charge in [0.2, 0.25) is 5.91 Å². The number of nitrogens with two attached hydrogens (primary N) is 1. The first kappa shape index (κ1) is 20.1. The number of nitrogens with one attached hydrogen (secondary N) is 1. The lowest BCUT2D eigenvalue weighted by atomic mass is 10.2. The third-order valence-corrected chi connectivity index (χ3v) is 3.46. The second-order valence-corrected chi connectivity index (χ2v) is 7.14. The van der Waals surface area contributed by atoms with E-state index in [4.69, 9.17) is 10.5 Å². The Kier molecular flexibility index (Phi) is 7.31. The number of amides is 2. The molecule has 1 saturated heterocycles. The molecule has 2 amide bonds. The van der Waals surface area contributed by atoms with Gasteiger partial charge in [0.15, 0.2) is 5.96 Å². The second kappa shape index (κ2) is 8.75. The molecular weight excluding hydrogens is 310 g/mol. The molecule has 8 heteroatoms. The molecule has 1 fully saturated rings. The summed E-state index contributed by atoms with van der Waals surface area (Å²) in [4.78, 5) is 31.3. The number of ether oxygens (including phenoxy) is 1. The summed E-state index contributed by atoms with van der Waals surface area (Å²) in [5.74, 6) is 0.416.